The highest BCUT2D eigenvalue weighted by Gasteiger charge is 2.25. The summed E-state index contributed by atoms with van der Waals surface area (Å²) in [6, 6.07) is 16.7. The van der Waals surface area contributed by atoms with Crippen molar-refractivity contribution in [2.24, 2.45) is 0 Å². The Balaban J connectivity index is 1.68. The van der Waals surface area contributed by atoms with Crippen LogP contribution in [-0.4, -0.2) is 26.1 Å². The third-order valence-electron chi connectivity index (χ3n) is 4.72. The Labute approximate surface area is 155 Å². The van der Waals surface area contributed by atoms with Crippen LogP contribution >= 0.6 is 11.6 Å². The number of aromatic nitrogens is 4. The minimum absolute atomic E-state index is 0.113. The highest BCUT2D eigenvalue weighted by atomic mass is 35.5. The molecule has 1 unspecified atom stereocenters. The Morgan fingerprint density at radius 2 is 1.81 bits per heavy atom. The molecule has 0 N–H and O–H groups in total. The van der Waals surface area contributed by atoms with Gasteiger partial charge >= 0.3 is 0 Å². The minimum Gasteiger partial charge on any atom is -0.371 e. The van der Waals surface area contributed by atoms with Crippen LogP contribution in [0.4, 0.5) is 0 Å². The molecule has 6 heteroatoms. The quantitative estimate of drug-likeness (QED) is 0.500. The van der Waals surface area contributed by atoms with Crippen molar-refractivity contribution in [2.45, 2.75) is 12.6 Å². The monoisotopic (exact) mass is 362 g/mol. The maximum Gasteiger partial charge on any atom is 0.222 e. The summed E-state index contributed by atoms with van der Waals surface area (Å²) in [7, 11) is 0. The third-order valence-corrected chi connectivity index (χ3v) is 4.91. The topological polar surface area (TPSA) is 52.8 Å². The van der Waals surface area contributed by atoms with E-state index in [0.717, 1.165) is 28.0 Å². The van der Waals surface area contributed by atoms with Crippen LogP contribution in [0.3, 0.4) is 0 Å². The smallest absolute Gasteiger partial charge is 0.222 e. The van der Waals surface area contributed by atoms with Crippen molar-refractivity contribution in [3.8, 4) is 11.1 Å². The highest BCUT2D eigenvalue weighted by Crippen LogP contribution is 2.32. The van der Waals surface area contributed by atoms with Gasteiger partial charge in [0.15, 0.2) is 0 Å². The summed E-state index contributed by atoms with van der Waals surface area (Å²) in [5, 5.41) is 0.248. The fraction of sp³-hybridized carbons (Fsp3) is 0.150. The molecule has 0 saturated carbocycles. The first-order valence-corrected chi connectivity index (χ1v) is 8.79. The molecule has 5 rings (SSSR count). The van der Waals surface area contributed by atoms with Gasteiger partial charge in [-0.1, -0.05) is 36.4 Å². The summed E-state index contributed by atoms with van der Waals surface area (Å²) in [6.07, 6.45) is 3.48. The van der Waals surface area contributed by atoms with E-state index in [9.17, 15) is 0 Å². The maximum atomic E-state index is 5.81. The molecule has 1 aliphatic heterocycles. The van der Waals surface area contributed by atoms with Crippen LogP contribution < -0.4 is 0 Å². The van der Waals surface area contributed by atoms with Gasteiger partial charge in [0.1, 0.15) is 12.4 Å². The standard InChI is InChI=1S/C20H15ClN4O/c21-20-22-9-15(10-23-20)14-6-7-16-17(8-14)25-18(11-26-12-19(25)24-16)13-4-2-1-3-5-13/h1-10,18H,11-12H2. The van der Waals surface area contributed by atoms with E-state index in [4.69, 9.17) is 21.3 Å². The number of ether oxygens (including phenoxy) is 1. The second kappa shape index (κ2) is 6.20. The predicted octanol–water partition coefficient (Wildman–Crippen LogP) is 4.27. The van der Waals surface area contributed by atoms with Crippen molar-refractivity contribution in [1.29, 1.82) is 0 Å². The zero-order valence-electron chi connectivity index (χ0n) is 13.8. The number of hydrogen-bond donors (Lipinski definition) is 0. The SMILES string of the molecule is Clc1ncc(-c2ccc3nc4n(c3c2)C(c2ccccc2)COC4)cn1. The van der Waals surface area contributed by atoms with E-state index in [1.54, 1.807) is 12.4 Å². The van der Waals surface area contributed by atoms with Crippen molar-refractivity contribution >= 4 is 22.6 Å². The fourth-order valence-electron chi connectivity index (χ4n) is 3.49. The molecule has 0 bridgehead atoms. The predicted molar refractivity (Wildman–Crippen MR) is 100 cm³/mol. The van der Waals surface area contributed by atoms with Gasteiger partial charge in [-0.2, -0.15) is 0 Å². The van der Waals surface area contributed by atoms with E-state index in [2.05, 4.69) is 44.9 Å². The van der Waals surface area contributed by atoms with Gasteiger partial charge in [-0.25, -0.2) is 15.0 Å². The van der Waals surface area contributed by atoms with Gasteiger partial charge in [-0.15, -0.1) is 0 Å². The Bertz CT molecular complexity index is 1080. The van der Waals surface area contributed by atoms with E-state index in [0.29, 0.717) is 13.2 Å². The second-order valence-electron chi connectivity index (χ2n) is 6.28. The lowest BCUT2D eigenvalue weighted by Crippen LogP contribution is -2.24. The normalized spacial score (nSPS) is 16.6. The zero-order chi connectivity index (χ0) is 17.5. The van der Waals surface area contributed by atoms with Crippen molar-refractivity contribution in [1.82, 2.24) is 19.5 Å². The molecule has 0 aliphatic carbocycles. The molecule has 4 aromatic rings. The molecule has 3 heterocycles. The number of rotatable bonds is 2. The number of hydrogen-bond acceptors (Lipinski definition) is 4. The number of halogens is 1. The second-order valence-corrected chi connectivity index (χ2v) is 6.62. The van der Waals surface area contributed by atoms with Gasteiger partial charge in [-0.3, -0.25) is 0 Å². The lowest BCUT2D eigenvalue weighted by Gasteiger charge is -2.26. The van der Waals surface area contributed by atoms with E-state index in [-0.39, 0.29) is 11.3 Å². The van der Waals surface area contributed by atoms with E-state index < -0.39 is 0 Å². The number of imidazole rings is 1. The van der Waals surface area contributed by atoms with E-state index in [1.807, 2.05) is 18.2 Å². The van der Waals surface area contributed by atoms with Gasteiger partial charge in [0.2, 0.25) is 5.28 Å². The number of nitrogens with zero attached hydrogens (tertiary/aromatic N) is 4. The highest BCUT2D eigenvalue weighted by molar-refractivity contribution is 6.28. The van der Waals surface area contributed by atoms with Crippen LogP contribution in [0.25, 0.3) is 22.2 Å². The molecule has 1 aliphatic rings. The fourth-order valence-corrected chi connectivity index (χ4v) is 3.59. The van der Waals surface area contributed by atoms with Crippen LogP contribution in [-0.2, 0) is 11.3 Å². The Hall–Kier alpha value is -2.76. The summed E-state index contributed by atoms with van der Waals surface area (Å²) >= 11 is 5.81. The molecule has 0 spiro atoms. The molecule has 2 aromatic carbocycles. The summed E-state index contributed by atoms with van der Waals surface area (Å²) in [5.41, 5.74) is 5.23. The first-order chi connectivity index (χ1) is 12.8. The van der Waals surface area contributed by atoms with Crippen LogP contribution in [0, 0.1) is 0 Å². The van der Waals surface area contributed by atoms with Crippen molar-refractivity contribution in [3.63, 3.8) is 0 Å². The molecule has 128 valence electrons. The Morgan fingerprint density at radius 1 is 1.00 bits per heavy atom. The maximum absolute atomic E-state index is 5.81. The van der Waals surface area contributed by atoms with Crippen molar-refractivity contribution in [3.05, 3.63) is 77.6 Å². The summed E-state index contributed by atoms with van der Waals surface area (Å²) in [5.74, 6) is 0.949. The largest absolute Gasteiger partial charge is 0.371 e. The van der Waals surface area contributed by atoms with Gasteiger partial charge in [0.25, 0.3) is 0 Å². The Kier molecular flexibility index (Phi) is 3.69. The molecule has 26 heavy (non-hydrogen) atoms. The Morgan fingerprint density at radius 3 is 2.62 bits per heavy atom. The van der Waals surface area contributed by atoms with Crippen molar-refractivity contribution < 1.29 is 4.74 Å². The molecular formula is C20H15ClN4O. The van der Waals surface area contributed by atoms with Gasteiger partial charge in [0, 0.05) is 18.0 Å². The minimum atomic E-state index is 0.113. The summed E-state index contributed by atoms with van der Waals surface area (Å²) in [6.45, 7) is 1.16. The lowest BCUT2D eigenvalue weighted by molar-refractivity contribution is 0.0679. The molecule has 0 fully saturated rings. The van der Waals surface area contributed by atoms with Gasteiger partial charge in [-0.05, 0) is 34.9 Å². The third kappa shape index (κ3) is 2.57. The van der Waals surface area contributed by atoms with Crippen molar-refractivity contribution in [2.75, 3.05) is 6.61 Å². The van der Waals surface area contributed by atoms with Crippen LogP contribution in [0.2, 0.25) is 5.28 Å². The van der Waals surface area contributed by atoms with E-state index >= 15 is 0 Å². The zero-order valence-corrected chi connectivity index (χ0v) is 14.6. The molecule has 0 radical (unpaired) electrons. The molecular weight excluding hydrogens is 348 g/mol. The average molecular weight is 363 g/mol. The molecule has 5 nitrogen and oxygen atoms in total. The number of fused-ring (bicyclic) bond motifs is 3. The molecule has 2 aromatic heterocycles. The summed E-state index contributed by atoms with van der Waals surface area (Å²) < 4.78 is 8.09. The molecule has 0 amide bonds. The first-order valence-electron chi connectivity index (χ1n) is 8.41. The average Bonchev–Trinajstić information content (AvgIpc) is 3.07. The number of benzene rings is 2. The van der Waals surface area contributed by atoms with Gasteiger partial charge in [0.05, 0.1) is 23.7 Å². The van der Waals surface area contributed by atoms with Crippen LogP contribution in [0.1, 0.15) is 17.4 Å². The van der Waals surface area contributed by atoms with Crippen LogP contribution in [0.5, 0.6) is 0 Å². The van der Waals surface area contributed by atoms with Gasteiger partial charge < -0.3 is 9.30 Å². The van der Waals surface area contributed by atoms with Crippen LogP contribution in [0.15, 0.2) is 60.9 Å². The molecule has 0 saturated heterocycles. The van der Waals surface area contributed by atoms with E-state index in [1.165, 1.54) is 5.56 Å². The lowest BCUT2D eigenvalue weighted by atomic mass is 10.1. The summed E-state index contributed by atoms with van der Waals surface area (Å²) in [4.78, 5) is 12.9. The molecule has 1 atom stereocenters. The first kappa shape index (κ1) is 15.5.